The van der Waals surface area contributed by atoms with Crippen LogP contribution < -0.4 is 0 Å². The molecular weight excluding hydrogens is 434 g/mol. The van der Waals surface area contributed by atoms with Gasteiger partial charge in [0.05, 0.1) is 36.3 Å². The minimum Gasteiger partial charge on any atom is -0.483 e. The molecule has 1 aromatic rings. The number of ketones is 1. The molecule has 1 saturated heterocycles. The molecule has 32 heavy (non-hydrogen) atoms. The molecule has 7 nitrogen and oxygen atoms in total. The molecule has 1 aromatic carbocycles. The van der Waals surface area contributed by atoms with E-state index in [1.165, 1.54) is 7.11 Å². The van der Waals surface area contributed by atoms with Gasteiger partial charge in [0, 0.05) is 18.5 Å². The maximum Gasteiger partial charge on any atom is 0.337 e. The predicted octanol–water partition coefficient (Wildman–Crippen LogP) is 3.17. The molecule has 1 amide bonds. The monoisotopic (exact) mass is 459 g/mol. The van der Waals surface area contributed by atoms with Gasteiger partial charge in [0.15, 0.2) is 11.5 Å². The molecule has 4 aliphatic rings. The molecule has 0 N–H and O–H groups in total. The number of nitrogens with zero attached hydrogens (tertiary/aromatic N) is 1. The molecule has 1 aliphatic carbocycles. The summed E-state index contributed by atoms with van der Waals surface area (Å²) in [6, 6.07) is 6.28. The molecule has 5 unspecified atom stereocenters. The molecular formula is C24H26ClNO6. The average molecular weight is 460 g/mol. The van der Waals surface area contributed by atoms with Crippen LogP contribution in [0.2, 0.25) is 0 Å². The zero-order valence-electron chi connectivity index (χ0n) is 17.9. The van der Waals surface area contributed by atoms with Crippen molar-refractivity contribution in [2.75, 3.05) is 20.3 Å². The Morgan fingerprint density at radius 3 is 2.66 bits per heavy atom. The van der Waals surface area contributed by atoms with Gasteiger partial charge in [-0.25, -0.2) is 4.79 Å². The van der Waals surface area contributed by atoms with E-state index in [0.29, 0.717) is 37.1 Å². The Balaban J connectivity index is 1.53. The number of amides is 1. The second kappa shape index (κ2) is 8.52. The number of carbonyl (C=O) groups excluding carboxylic acids is 3. The predicted molar refractivity (Wildman–Crippen MR) is 115 cm³/mol. The Bertz CT molecular complexity index is 967. The number of hydrogen-bond acceptors (Lipinski definition) is 6. The van der Waals surface area contributed by atoms with E-state index in [0.717, 1.165) is 24.8 Å². The third-order valence-electron chi connectivity index (χ3n) is 6.95. The molecule has 0 radical (unpaired) electrons. The minimum absolute atomic E-state index is 0.0492. The quantitative estimate of drug-likeness (QED) is 0.508. The standard InChI is InChI=1S/C24H26ClNO6/c1-30-24(29)14-6-4-13(5-7-14)20-19-21(27)17-11-15(25)8-9-18(17)32-22(19)23(28)26(20)12-16-3-2-10-31-16/h4-7,15-18,20H,2-3,8-12H2,1H3. The summed E-state index contributed by atoms with van der Waals surface area (Å²) in [6.45, 7) is 1.06. The highest BCUT2D eigenvalue weighted by Crippen LogP contribution is 2.47. The molecule has 0 aromatic heterocycles. The van der Waals surface area contributed by atoms with Gasteiger partial charge in [-0.3, -0.25) is 9.59 Å². The number of Topliss-reactive ketones (excluding diaryl/α,β-unsaturated/α-hetero) is 1. The number of hydrogen-bond donors (Lipinski definition) is 0. The minimum atomic E-state index is -0.572. The van der Waals surface area contributed by atoms with Crippen LogP contribution in [0.25, 0.3) is 0 Å². The number of methoxy groups -OCH3 is 1. The molecule has 5 atom stereocenters. The van der Waals surface area contributed by atoms with E-state index >= 15 is 0 Å². The van der Waals surface area contributed by atoms with Crippen LogP contribution >= 0.6 is 11.6 Å². The van der Waals surface area contributed by atoms with Gasteiger partial charge in [-0.05, 0) is 49.8 Å². The van der Waals surface area contributed by atoms with Gasteiger partial charge in [0.25, 0.3) is 5.91 Å². The fourth-order valence-corrected chi connectivity index (χ4v) is 5.64. The third-order valence-corrected chi connectivity index (χ3v) is 7.35. The lowest BCUT2D eigenvalue weighted by Gasteiger charge is -2.37. The van der Waals surface area contributed by atoms with Crippen molar-refractivity contribution in [3.05, 3.63) is 46.7 Å². The third kappa shape index (κ3) is 3.61. The Morgan fingerprint density at radius 1 is 1.19 bits per heavy atom. The number of alkyl halides is 1. The summed E-state index contributed by atoms with van der Waals surface area (Å²) in [5.41, 5.74) is 1.57. The lowest BCUT2D eigenvalue weighted by atomic mass is 9.77. The maximum atomic E-state index is 13.6. The van der Waals surface area contributed by atoms with Gasteiger partial charge < -0.3 is 19.1 Å². The number of rotatable bonds is 4. The van der Waals surface area contributed by atoms with E-state index in [9.17, 15) is 14.4 Å². The Kier molecular flexibility index (Phi) is 5.72. The highest BCUT2D eigenvalue weighted by atomic mass is 35.5. The van der Waals surface area contributed by atoms with Crippen molar-refractivity contribution >= 4 is 29.3 Å². The molecule has 5 rings (SSSR count). The van der Waals surface area contributed by atoms with Crippen LogP contribution in [0.1, 0.15) is 54.1 Å². The fraction of sp³-hybridized carbons (Fsp3) is 0.542. The Labute approximate surface area is 191 Å². The first kappa shape index (κ1) is 21.5. The van der Waals surface area contributed by atoms with Crippen molar-refractivity contribution in [3.63, 3.8) is 0 Å². The molecule has 1 saturated carbocycles. The molecule has 170 valence electrons. The zero-order chi connectivity index (χ0) is 22.4. The van der Waals surface area contributed by atoms with E-state index in [4.69, 9.17) is 25.8 Å². The SMILES string of the molecule is COC(=O)c1ccc(C2C3=C(OC4CCC(Cl)CC4C3=O)C(=O)N2CC2CCCO2)cc1. The lowest BCUT2D eigenvalue weighted by Crippen LogP contribution is -2.41. The van der Waals surface area contributed by atoms with E-state index in [1.54, 1.807) is 29.2 Å². The topological polar surface area (TPSA) is 82.1 Å². The van der Waals surface area contributed by atoms with Crippen molar-refractivity contribution in [1.82, 2.24) is 4.90 Å². The average Bonchev–Trinajstić information content (AvgIpc) is 3.41. The van der Waals surface area contributed by atoms with E-state index < -0.39 is 12.0 Å². The van der Waals surface area contributed by atoms with Gasteiger partial charge in [0.2, 0.25) is 0 Å². The molecule has 3 aliphatic heterocycles. The summed E-state index contributed by atoms with van der Waals surface area (Å²) in [7, 11) is 1.33. The smallest absolute Gasteiger partial charge is 0.337 e. The van der Waals surface area contributed by atoms with Crippen LogP contribution in [0.3, 0.4) is 0 Å². The van der Waals surface area contributed by atoms with Crippen LogP contribution in [0.15, 0.2) is 35.6 Å². The number of halogens is 1. The fourth-order valence-electron chi connectivity index (χ4n) is 5.32. The first-order chi connectivity index (χ1) is 15.5. The van der Waals surface area contributed by atoms with Gasteiger partial charge in [0.1, 0.15) is 6.10 Å². The molecule has 8 heteroatoms. The molecule has 3 heterocycles. The van der Waals surface area contributed by atoms with Gasteiger partial charge in [-0.1, -0.05) is 12.1 Å². The van der Waals surface area contributed by atoms with Crippen LogP contribution in [0.4, 0.5) is 0 Å². The first-order valence-electron chi connectivity index (χ1n) is 11.2. The van der Waals surface area contributed by atoms with Crippen molar-refractivity contribution in [1.29, 1.82) is 0 Å². The summed E-state index contributed by atoms with van der Waals surface area (Å²) in [5.74, 6) is -0.920. The Hall–Kier alpha value is -2.38. The van der Waals surface area contributed by atoms with Crippen LogP contribution in [-0.4, -0.2) is 60.4 Å². The van der Waals surface area contributed by atoms with Crippen LogP contribution in [0.5, 0.6) is 0 Å². The maximum absolute atomic E-state index is 13.6. The molecule has 2 fully saturated rings. The van der Waals surface area contributed by atoms with Gasteiger partial charge >= 0.3 is 5.97 Å². The first-order valence-corrected chi connectivity index (χ1v) is 11.6. The highest BCUT2D eigenvalue weighted by molar-refractivity contribution is 6.21. The zero-order valence-corrected chi connectivity index (χ0v) is 18.7. The number of carbonyl (C=O) groups is 3. The second-order valence-electron chi connectivity index (χ2n) is 8.89. The number of benzene rings is 1. The highest BCUT2D eigenvalue weighted by Gasteiger charge is 2.53. The van der Waals surface area contributed by atoms with Crippen molar-refractivity contribution in [2.24, 2.45) is 5.92 Å². The normalized spacial score (nSPS) is 31.9. The summed E-state index contributed by atoms with van der Waals surface area (Å²) < 4.78 is 16.7. The van der Waals surface area contributed by atoms with E-state index in [-0.39, 0.29) is 41.0 Å². The van der Waals surface area contributed by atoms with Crippen LogP contribution in [-0.2, 0) is 23.8 Å². The van der Waals surface area contributed by atoms with Gasteiger partial charge in [-0.15, -0.1) is 11.6 Å². The number of fused-ring (bicyclic) bond motifs is 1. The second-order valence-corrected chi connectivity index (χ2v) is 9.51. The number of ether oxygens (including phenoxy) is 3. The van der Waals surface area contributed by atoms with Crippen molar-refractivity contribution < 1.29 is 28.6 Å². The Morgan fingerprint density at radius 2 is 1.97 bits per heavy atom. The largest absolute Gasteiger partial charge is 0.483 e. The summed E-state index contributed by atoms with van der Waals surface area (Å²) in [6.07, 6.45) is 3.44. The van der Waals surface area contributed by atoms with Crippen molar-refractivity contribution in [3.8, 4) is 0 Å². The molecule has 0 spiro atoms. The van der Waals surface area contributed by atoms with E-state index in [2.05, 4.69) is 0 Å². The summed E-state index contributed by atoms with van der Waals surface area (Å²) in [5, 5.41) is -0.0659. The lowest BCUT2D eigenvalue weighted by molar-refractivity contribution is -0.136. The van der Waals surface area contributed by atoms with Gasteiger partial charge in [-0.2, -0.15) is 0 Å². The number of esters is 1. The summed E-state index contributed by atoms with van der Waals surface area (Å²) in [4.78, 5) is 40.6. The molecule has 0 bridgehead atoms. The van der Waals surface area contributed by atoms with E-state index in [1.807, 2.05) is 0 Å². The van der Waals surface area contributed by atoms with Crippen LogP contribution in [0, 0.1) is 5.92 Å². The summed E-state index contributed by atoms with van der Waals surface area (Å²) >= 11 is 6.37. The van der Waals surface area contributed by atoms with Crippen molar-refractivity contribution in [2.45, 2.75) is 55.7 Å².